The van der Waals surface area contributed by atoms with E-state index in [9.17, 15) is 4.79 Å². The summed E-state index contributed by atoms with van der Waals surface area (Å²) in [6.07, 6.45) is 1.49. The van der Waals surface area contributed by atoms with E-state index in [1.807, 2.05) is 6.07 Å². The molecule has 0 saturated carbocycles. The fourth-order valence-corrected chi connectivity index (χ4v) is 0.921. The Morgan fingerprint density at radius 2 is 2.47 bits per heavy atom. The third kappa shape index (κ3) is 3.27. The van der Waals surface area contributed by atoms with Gasteiger partial charge in [-0.15, -0.1) is 0 Å². The van der Waals surface area contributed by atoms with Gasteiger partial charge in [0.15, 0.2) is 6.61 Å². The fraction of sp³-hybridized carbons (Fsp3) is 0.300. The molecule has 0 unspecified atom stereocenters. The quantitative estimate of drug-likeness (QED) is 0.684. The van der Waals surface area contributed by atoms with Crippen LogP contribution in [0, 0.1) is 11.3 Å². The van der Waals surface area contributed by atoms with Gasteiger partial charge in [0.05, 0.1) is 6.61 Å². The third-order valence-corrected chi connectivity index (χ3v) is 1.52. The molecule has 0 aromatic carbocycles. The molecule has 0 aliphatic carbocycles. The standard InChI is InChI=1S/C10H10N2O3/c1-2-14-9(13)7-15-10-8(6-11)4-3-5-12-10/h3-5H,2,7H2,1H3. The molecule has 0 fully saturated rings. The molecule has 0 atom stereocenters. The second kappa shape index (κ2) is 5.60. The van der Waals surface area contributed by atoms with Crippen molar-refractivity contribution in [3.05, 3.63) is 23.9 Å². The van der Waals surface area contributed by atoms with Gasteiger partial charge in [0.1, 0.15) is 11.6 Å². The summed E-state index contributed by atoms with van der Waals surface area (Å²) in [6.45, 7) is 1.77. The summed E-state index contributed by atoms with van der Waals surface area (Å²) in [5, 5.41) is 8.70. The second-order valence-corrected chi connectivity index (χ2v) is 2.56. The van der Waals surface area contributed by atoms with Gasteiger partial charge in [0, 0.05) is 6.20 Å². The van der Waals surface area contributed by atoms with Crippen LogP contribution in [0.25, 0.3) is 0 Å². The Kier molecular flexibility index (Phi) is 4.10. The van der Waals surface area contributed by atoms with E-state index in [0.29, 0.717) is 12.2 Å². The molecule has 0 aliphatic heterocycles. The predicted octanol–water partition coefficient (Wildman–Crippen LogP) is 0.895. The number of aromatic nitrogens is 1. The lowest BCUT2D eigenvalue weighted by Gasteiger charge is -2.05. The van der Waals surface area contributed by atoms with Crippen molar-refractivity contribution >= 4 is 5.97 Å². The Hall–Kier alpha value is -2.09. The number of rotatable bonds is 4. The number of nitriles is 1. The lowest BCUT2D eigenvalue weighted by atomic mass is 10.3. The monoisotopic (exact) mass is 206 g/mol. The Morgan fingerprint density at radius 1 is 1.67 bits per heavy atom. The van der Waals surface area contributed by atoms with E-state index >= 15 is 0 Å². The van der Waals surface area contributed by atoms with E-state index in [1.54, 1.807) is 19.1 Å². The molecule has 5 heteroatoms. The summed E-state index contributed by atoms with van der Waals surface area (Å²) in [7, 11) is 0. The molecular formula is C10H10N2O3. The Balaban J connectivity index is 2.58. The minimum Gasteiger partial charge on any atom is -0.465 e. The maximum atomic E-state index is 11.0. The molecule has 1 heterocycles. The van der Waals surface area contributed by atoms with Crippen molar-refractivity contribution in [3.63, 3.8) is 0 Å². The summed E-state index contributed by atoms with van der Waals surface area (Å²) >= 11 is 0. The maximum Gasteiger partial charge on any atom is 0.344 e. The first-order valence-corrected chi connectivity index (χ1v) is 4.41. The molecule has 0 bridgehead atoms. The minimum atomic E-state index is -0.480. The largest absolute Gasteiger partial charge is 0.465 e. The zero-order valence-corrected chi connectivity index (χ0v) is 8.27. The minimum absolute atomic E-state index is 0.146. The number of ether oxygens (including phenoxy) is 2. The summed E-state index contributed by atoms with van der Waals surface area (Å²) < 4.78 is 9.70. The van der Waals surface area contributed by atoms with E-state index in [-0.39, 0.29) is 12.5 Å². The zero-order valence-electron chi connectivity index (χ0n) is 8.27. The van der Waals surface area contributed by atoms with Crippen LogP contribution in [0.2, 0.25) is 0 Å². The molecule has 0 spiro atoms. The molecule has 1 rings (SSSR count). The summed E-state index contributed by atoms with van der Waals surface area (Å²) in [5.74, 6) is -0.333. The highest BCUT2D eigenvalue weighted by Crippen LogP contribution is 2.12. The fourth-order valence-electron chi connectivity index (χ4n) is 0.921. The molecule has 15 heavy (non-hydrogen) atoms. The third-order valence-electron chi connectivity index (χ3n) is 1.52. The molecular weight excluding hydrogens is 196 g/mol. The van der Waals surface area contributed by atoms with Gasteiger partial charge in [-0.05, 0) is 19.1 Å². The molecule has 0 saturated heterocycles. The molecule has 1 aromatic heterocycles. The number of carbonyl (C=O) groups excluding carboxylic acids is 1. The van der Waals surface area contributed by atoms with Crippen LogP contribution >= 0.6 is 0 Å². The van der Waals surface area contributed by atoms with E-state index in [4.69, 9.17) is 10.00 Å². The summed E-state index contributed by atoms with van der Waals surface area (Å²) in [4.78, 5) is 14.8. The molecule has 0 N–H and O–H groups in total. The van der Waals surface area contributed by atoms with Crippen LogP contribution in [-0.2, 0) is 9.53 Å². The van der Waals surface area contributed by atoms with Crippen LogP contribution in [0.3, 0.4) is 0 Å². The molecule has 1 aromatic rings. The lowest BCUT2D eigenvalue weighted by molar-refractivity contribution is -0.145. The number of pyridine rings is 1. The SMILES string of the molecule is CCOC(=O)COc1ncccc1C#N. The van der Waals surface area contributed by atoms with E-state index in [2.05, 4.69) is 9.72 Å². The topological polar surface area (TPSA) is 72.2 Å². The van der Waals surface area contributed by atoms with Gasteiger partial charge in [-0.2, -0.15) is 5.26 Å². The number of hydrogen-bond acceptors (Lipinski definition) is 5. The normalized spacial score (nSPS) is 9.07. The van der Waals surface area contributed by atoms with E-state index in [1.165, 1.54) is 6.20 Å². The maximum absolute atomic E-state index is 11.0. The highest BCUT2D eigenvalue weighted by molar-refractivity contribution is 5.71. The van der Waals surface area contributed by atoms with Crippen molar-refractivity contribution in [3.8, 4) is 11.9 Å². The molecule has 78 valence electrons. The van der Waals surface area contributed by atoms with Crippen molar-refractivity contribution in [2.45, 2.75) is 6.92 Å². The number of esters is 1. The van der Waals surface area contributed by atoms with Crippen LogP contribution < -0.4 is 4.74 Å². The Labute approximate surface area is 87.3 Å². The van der Waals surface area contributed by atoms with Crippen molar-refractivity contribution in [2.75, 3.05) is 13.2 Å². The predicted molar refractivity (Wildman–Crippen MR) is 51.1 cm³/mol. The first-order chi connectivity index (χ1) is 7.27. The van der Waals surface area contributed by atoms with E-state index in [0.717, 1.165) is 0 Å². The van der Waals surface area contributed by atoms with Crippen LogP contribution in [0.5, 0.6) is 5.88 Å². The zero-order chi connectivity index (χ0) is 11.1. The summed E-state index contributed by atoms with van der Waals surface area (Å²) in [5.41, 5.74) is 0.293. The van der Waals surface area contributed by atoms with Crippen LogP contribution in [-0.4, -0.2) is 24.2 Å². The molecule has 0 aliphatic rings. The van der Waals surface area contributed by atoms with Crippen molar-refractivity contribution in [1.82, 2.24) is 4.98 Å². The highest BCUT2D eigenvalue weighted by Gasteiger charge is 2.07. The number of carbonyl (C=O) groups is 1. The van der Waals surface area contributed by atoms with E-state index < -0.39 is 5.97 Å². The molecule has 0 amide bonds. The smallest absolute Gasteiger partial charge is 0.344 e. The average molecular weight is 206 g/mol. The highest BCUT2D eigenvalue weighted by atomic mass is 16.6. The first-order valence-electron chi connectivity index (χ1n) is 4.41. The molecule has 5 nitrogen and oxygen atoms in total. The van der Waals surface area contributed by atoms with Gasteiger partial charge in [0.25, 0.3) is 0 Å². The van der Waals surface area contributed by atoms with Gasteiger partial charge in [-0.3, -0.25) is 0 Å². The number of hydrogen-bond donors (Lipinski definition) is 0. The van der Waals surface area contributed by atoms with Gasteiger partial charge >= 0.3 is 5.97 Å². The van der Waals surface area contributed by atoms with Gasteiger partial charge < -0.3 is 9.47 Å². The van der Waals surface area contributed by atoms with Gasteiger partial charge in [-0.25, -0.2) is 9.78 Å². The first kappa shape index (κ1) is 11.0. The van der Waals surface area contributed by atoms with Gasteiger partial charge in [-0.1, -0.05) is 0 Å². The molecule has 0 radical (unpaired) electrons. The van der Waals surface area contributed by atoms with Crippen molar-refractivity contribution in [1.29, 1.82) is 5.26 Å². The average Bonchev–Trinajstić information content (AvgIpc) is 2.27. The number of nitrogens with zero attached hydrogens (tertiary/aromatic N) is 2. The van der Waals surface area contributed by atoms with Crippen molar-refractivity contribution in [2.24, 2.45) is 0 Å². The van der Waals surface area contributed by atoms with Crippen LogP contribution in [0.15, 0.2) is 18.3 Å². The van der Waals surface area contributed by atoms with Crippen LogP contribution in [0.1, 0.15) is 12.5 Å². The lowest BCUT2D eigenvalue weighted by Crippen LogP contribution is -2.15. The second-order valence-electron chi connectivity index (χ2n) is 2.56. The Morgan fingerprint density at radius 3 is 3.13 bits per heavy atom. The Bertz CT molecular complexity index is 384. The van der Waals surface area contributed by atoms with Gasteiger partial charge in [0.2, 0.25) is 5.88 Å². The van der Waals surface area contributed by atoms with Crippen LogP contribution in [0.4, 0.5) is 0 Å². The summed E-state index contributed by atoms with van der Waals surface area (Å²) in [6, 6.07) is 5.10. The van der Waals surface area contributed by atoms with Crippen molar-refractivity contribution < 1.29 is 14.3 Å².